The molecule has 0 aliphatic carbocycles. The Hall–Kier alpha value is -2.25. The summed E-state index contributed by atoms with van der Waals surface area (Å²) in [6.45, 7) is 1.70. The molecule has 1 heterocycles. The van der Waals surface area contributed by atoms with E-state index in [2.05, 4.69) is 5.32 Å². The molecule has 0 aromatic heterocycles. The number of halogens is 1. The van der Waals surface area contributed by atoms with Gasteiger partial charge < -0.3 is 10.1 Å². The first-order valence-corrected chi connectivity index (χ1v) is 9.84. The highest BCUT2D eigenvalue weighted by atomic mass is 35.5. The summed E-state index contributed by atoms with van der Waals surface area (Å²) in [6, 6.07) is 13.5. The van der Waals surface area contributed by atoms with E-state index in [-0.39, 0.29) is 13.0 Å². The number of nitrogens with zero attached hydrogens (tertiary/aromatic N) is 1. The molecule has 2 aromatic carbocycles. The van der Waals surface area contributed by atoms with Gasteiger partial charge in [0.2, 0.25) is 15.9 Å². The number of rotatable bonds is 4. The van der Waals surface area contributed by atoms with Crippen molar-refractivity contribution in [3.63, 3.8) is 0 Å². The molecule has 1 amide bonds. The number of hydrogen-bond donors (Lipinski definition) is 1. The average molecular weight is 395 g/mol. The molecule has 8 heteroatoms. The zero-order chi connectivity index (χ0) is 18.9. The summed E-state index contributed by atoms with van der Waals surface area (Å²) in [4.78, 5) is 12.8. The number of nitrogens with one attached hydrogen (secondary N) is 1. The van der Waals surface area contributed by atoms with Gasteiger partial charge in [-0.25, -0.2) is 8.42 Å². The van der Waals surface area contributed by atoms with Gasteiger partial charge in [0.1, 0.15) is 5.75 Å². The number of sulfonamides is 1. The lowest BCUT2D eigenvalue weighted by atomic mass is 10.1. The van der Waals surface area contributed by atoms with Crippen molar-refractivity contribution in [3.05, 3.63) is 53.6 Å². The molecule has 138 valence electrons. The number of carbonyl (C=O) groups excluding carboxylic acids is 1. The molecule has 0 radical (unpaired) electrons. The van der Waals surface area contributed by atoms with Crippen LogP contribution >= 0.6 is 11.6 Å². The molecule has 3 rings (SSSR count). The highest BCUT2D eigenvalue weighted by molar-refractivity contribution is 7.95. The number of para-hydroxylation sites is 1. The molecule has 2 aromatic rings. The van der Waals surface area contributed by atoms with Crippen LogP contribution in [-0.4, -0.2) is 32.7 Å². The molecule has 0 spiro atoms. The van der Waals surface area contributed by atoms with Crippen molar-refractivity contribution < 1.29 is 17.9 Å². The lowest BCUT2D eigenvalue weighted by molar-refractivity contribution is -0.118. The minimum atomic E-state index is -3.86. The Labute approximate surface area is 157 Å². The first-order chi connectivity index (χ1) is 12.3. The van der Waals surface area contributed by atoms with E-state index in [9.17, 15) is 13.2 Å². The number of benzene rings is 2. The molecule has 1 N–H and O–H groups in total. The van der Waals surface area contributed by atoms with E-state index in [1.807, 2.05) is 6.07 Å². The van der Waals surface area contributed by atoms with Crippen LogP contribution in [0.3, 0.4) is 0 Å². The van der Waals surface area contributed by atoms with Crippen LogP contribution in [0.2, 0.25) is 5.02 Å². The van der Waals surface area contributed by atoms with Gasteiger partial charge in [0, 0.05) is 12.2 Å². The average Bonchev–Trinajstić information content (AvgIpc) is 2.86. The lowest BCUT2D eigenvalue weighted by Crippen LogP contribution is -2.47. The fourth-order valence-electron chi connectivity index (χ4n) is 2.91. The zero-order valence-electron chi connectivity index (χ0n) is 14.4. The van der Waals surface area contributed by atoms with Crippen LogP contribution < -0.4 is 14.4 Å². The summed E-state index contributed by atoms with van der Waals surface area (Å²) in [5.41, 5.74) is 0.965. The summed E-state index contributed by atoms with van der Waals surface area (Å²) in [5, 5.41) is 2.99. The smallest absolute Gasteiger partial charge is 0.249 e. The maximum atomic E-state index is 13.0. The van der Waals surface area contributed by atoms with E-state index in [0.29, 0.717) is 22.1 Å². The van der Waals surface area contributed by atoms with Crippen LogP contribution in [0, 0.1) is 0 Å². The maximum Gasteiger partial charge on any atom is 0.249 e. The van der Waals surface area contributed by atoms with Crippen molar-refractivity contribution >= 4 is 38.9 Å². The highest BCUT2D eigenvalue weighted by Crippen LogP contribution is 2.37. The summed E-state index contributed by atoms with van der Waals surface area (Å²) >= 11 is 6.06. The number of hydrogen-bond acceptors (Lipinski definition) is 4. The van der Waals surface area contributed by atoms with Gasteiger partial charge in [-0.2, -0.15) is 0 Å². The standard InChI is InChI=1S/C18H19ClN2O4S/c1-18(17(22)20-13-8-9-16(25-2)15(19)12-13)10-11-21(26(18,23)24)14-6-4-3-5-7-14/h3-9,12H,10-11H2,1-2H3,(H,20,22)/t18-/m0/s1. The van der Waals surface area contributed by atoms with Gasteiger partial charge in [0.15, 0.2) is 4.75 Å². The Morgan fingerprint density at radius 1 is 1.23 bits per heavy atom. The molecule has 1 aliphatic rings. The second kappa shape index (κ2) is 6.81. The Kier molecular flexibility index (Phi) is 4.86. The van der Waals surface area contributed by atoms with E-state index >= 15 is 0 Å². The second-order valence-electron chi connectivity index (χ2n) is 6.20. The third-order valence-corrected chi connectivity index (χ3v) is 7.38. The number of methoxy groups -OCH3 is 1. The van der Waals surface area contributed by atoms with E-state index in [1.54, 1.807) is 36.4 Å². The number of amides is 1. The van der Waals surface area contributed by atoms with Crippen molar-refractivity contribution in [2.75, 3.05) is 23.3 Å². The molecular formula is C18H19ClN2O4S. The van der Waals surface area contributed by atoms with Crippen LogP contribution in [0.15, 0.2) is 48.5 Å². The summed E-state index contributed by atoms with van der Waals surface area (Å²) < 4.78 is 30.9. The van der Waals surface area contributed by atoms with Gasteiger partial charge in [-0.15, -0.1) is 0 Å². The van der Waals surface area contributed by atoms with Crippen molar-refractivity contribution in [2.45, 2.75) is 18.1 Å². The third kappa shape index (κ3) is 3.01. The quantitative estimate of drug-likeness (QED) is 0.863. The lowest BCUT2D eigenvalue weighted by Gasteiger charge is -2.25. The van der Waals surface area contributed by atoms with E-state index in [1.165, 1.54) is 24.4 Å². The van der Waals surface area contributed by atoms with Crippen LogP contribution in [0.25, 0.3) is 0 Å². The summed E-state index contributed by atoms with van der Waals surface area (Å²) in [6.07, 6.45) is 0.194. The number of carbonyl (C=O) groups is 1. The van der Waals surface area contributed by atoms with E-state index in [0.717, 1.165) is 0 Å². The van der Waals surface area contributed by atoms with Gasteiger partial charge in [0.05, 0.1) is 17.8 Å². The molecule has 1 saturated heterocycles. The topological polar surface area (TPSA) is 75.7 Å². The van der Waals surface area contributed by atoms with Gasteiger partial charge >= 0.3 is 0 Å². The van der Waals surface area contributed by atoms with Gasteiger partial charge in [-0.1, -0.05) is 29.8 Å². The number of anilines is 2. The van der Waals surface area contributed by atoms with Gasteiger partial charge in [-0.05, 0) is 43.7 Å². The maximum absolute atomic E-state index is 13.0. The summed E-state index contributed by atoms with van der Waals surface area (Å²) in [5.74, 6) is -0.114. The molecule has 6 nitrogen and oxygen atoms in total. The second-order valence-corrected chi connectivity index (χ2v) is 8.90. The fraction of sp³-hybridized carbons (Fsp3) is 0.278. The monoisotopic (exact) mass is 394 g/mol. The van der Waals surface area contributed by atoms with E-state index in [4.69, 9.17) is 16.3 Å². The minimum Gasteiger partial charge on any atom is -0.495 e. The van der Waals surface area contributed by atoms with Crippen LogP contribution in [0.4, 0.5) is 11.4 Å². The van der Waals surface area contributed by atoms with E-state index < -0.39 is 20.7 Å². The fourth-order valence-corrected chi connectivity index (χ4v) is 5.02. The first kappa shape index (κ1) is 18.5. The minimum absolute atomic E-state index is 0.194. The molecule has 0 unspecified atom stereocenters. The molecule has 1 aliphatic heterocycles. The number of ether oxygens (including phenoxy) is 1. The Morgan fingerprint density at radius 3 is 2.54 bits per heavy atom. The van der Waals surface area contributed by atoms with Crippen molar-refractivity contribution in [1.82, 2.24) is 0 Å². The molecule has 1 fully saturated rings. The van der Waals surface area contributed by atoms with Crippen LogP contribution in [0.1, 0.15) is 13.3 Å². The van der Waals surface area contributed by atoms with Gasteiger partial charge in [0.25, 0.3) is 0 Å². The Balaban J connectivity index is 1.86. The molecular weight excluding hydrogens is 376 g/mol. The Morgan fingerprint density at radius 2 is 1.92 bits per heavy atom. The highest BCUT2D eigenvalue weighted by Gasteiger charge is 2.54. The van der Waals surface area contributed by atoms with Gasteiger partial charge in [-0.3, -0.25) is 9.10 Å². The molecule has 1 atom stereocenters. The largest absolute Gasteiger partial charge is 0.495 e. The first-order valence-electron chi connectivity index (χ1n) is 8.02. The zero-order valence-corrected chi connectivity index (χ0v) is 16.0. The van der Waals surface area contributed by atoms with Crippen molar-refractivity contribution in [2.24, 2.45) is 0 Å². The predicted octanol–water partition coefficient (Wildman–Crippen LogP) is 3.29. The third-order valence-electron chi connectivity index (χ3n) is 4.59. The van der Waals surface area contributed by atoms with Crippen molar-refractivity contribution in [3.8, 4) is 5.75 Å². The Bertz CT molecular complexity index is 933. The van der Waals surface area contributed by atoms with Crippen molar-refractivity contribution in [1.29, 1.82) is 0 Å². The summed E-state index contributed by atoms with van der Waals surface area (Å²) in [7, 11) is -2.37. The molecule has 26 heavy (non-hydrogen) atoms. The molecule has 0 bridgehead atoms. The van der Waals surface area contributed by atoms with Crippen LogP contribution in [0.5, 0.6) is 5.75 Å². The SMILES string of the molecule is COc1ccc(NC(=O)[C@]2(C)CCN(c3ccccc3)S2(=O)=O)cc1Cl. The molecule has 0 saturated carbocycles. The predicted molar refractivity (Wildman–Crippen MR) is 102 cm³/mol. The van der Waals surface area contributed by atoms with Crippen LogP contribution in [-0.2, 0) is 14.8 Å². The normalized spacial score (nSPS) is 21.4.